The van der Waals surface area contributed by atoms with Gasteiger partial charge in [-0.2, -0.15) is 0 Å². The minimum atomic E-state index is 0.312. The maximum atomic E-state index is 5.55. The fourth-order valence-electron chi connectivity index (χ4n) is 2.05. The van der Waals surface area contributed by atoms with Crippen molar-refractivity contribution in [1.82, 2.24) is 15.3 Å². The molecular weight excluding hydrogens is 234 g/mol. The number of ether oxygens (including phenoxy) is 3. The lowest BCUT2D eigenvalue weighted by Gasteiger charge is -2.13. The van der Waals surface area contributed by atoms with E-state index in [-0.39, 0.29) is 0 Å². The number of rotatable bonds is 6. The van der Waals surface area contributed by atoms with Crippen molar-refractivity contribution in [3.63, 3.8) is 0 Å². The largest absolute Gasteiger partial charge is 0.481 e. The van der Waals surface area contributed by atoms with Crippen LogP contribution in [0.3, 0.4) is 0 Å². The van der Waals surface area contributed by atoms with Crippen LogP contribution in [0.2, 0.25) is 0 Å². The quantitative estimate of drug-likeness (QED) is 0.807. The van der Waals surface area contributed by atoms with Crippen LogP contribution in [-0.2, 0) is 11.3 Å². The van der Waals surface area contributed by atoms with Gasteiger partial charge in [0.2, 0.25) is 11.8 Å². The summed E-state index contributed by atoms with van der Waals surface area (Å²) in [5.74, 6) is 1.09. The average Bonchev–Trinajstić information content (AvgIpc) is 2.92. The molecule has 0 spiro atoms. The van der Waals surface area contributed by atoms with Gasteiger partial charge in [0.25, 0.3) is 0 Å². The van der Waals surface area contributed by atoms with Gasteiger partial charge in [-0.05, 0) is 12.8 Å². The Bertz CT molecular complexity index is 359. The molecule has 0 bridgehead atoms. The summed E-state index contributed by atoms with van der Waals surface area (Å²) in [6.45, 7) is 2.29. The lowest BCUT2D eigenvalue weighted by atomic mass is 10.2. The van der Waals surface area contributed by atoms with Crippen LogP contribution in [0, 0.1) is 0 Å². The summed E-state index contributed by atoms with van der Waals surface area (Å²) in [6, 6.07) is 0. The topological polar surface area (TPSA) is 65.5 Å². The van der Waals surface area contributed by atoms with E-state index in [2.05, 4.69) is 15.3 Å². The van der Waals surface area contributed by atoms with Gasteiger partial charge in [0.1, 0.15) is 6.33 Å². The Morgan fingerprint density at radius 3 is 2.61 bits per heavy atom. The van der Waals surface area contributed by atoms with E-state index < -0.39 is 0 Å². The monoisotopic (exact) mass is 253 g/mol. The standard InChI is InChI=1S/C12H19N3O3/c1-16-11-10(12(17-2)15-8-14-11)7-13-6-9-4-3-5-18-9/h8-9,13H,3-7H2,1-2H3. The maximum Gasteiger partial charge on any atom is 0.224 e. The first-order valence-corrected chi connectivity index (χ1v) is 6.09. The van der Waals surface area contributed by atoms with Gasteiger partial charge in [0.15, 0.2) is 0 Å². The maximum absolute atomic E-state index is 5.55. The molecule has 0 amide bonds. The van der Waals surface area contributed by atoms with E-state index in [1.54, 1.807) is 14.2 Å². The zero-order chi connectivity index (χ0) is 12.8. The van der Waals surface area contributed by atoms with E-state index in [4.69, 9.17) is 14.2 Å². The molecule has 1 N–H and O–H groups in total. The highest BCUT2D eigenvalue weighted by Gasteiger charge is 2.16. The molecule has 0 radical (unpaired) electrons. The molecule has 1 aromatic rings. The first-order chi connectivity index (χ1) is 8.85. The van der Waals surface area contributed by atoms with E-state index in [1.807, 2.05) is 0 Å². The molecule has 1 unspecified atom stereocenters. The second-order valence-electron chi connectivity index (χ2n) is 4.14. The van der Waals surface area contributed by atoms with Crippen LogP contribution < -0.4 is 14.8 Å². The smallest absolute Gasteiger partial charge is 0.224 e. The van der Waals surface area contributed by atoms with Crippen LogP contribution in [0.5, 0.6) is 11.8 Å². The summed E-state index contributed by atoms with van der Waals surface area (Å²) >= 11 is 0. The number of hydrogen-bond donors (Lipinski definition) is 1. The van der Waals surface area contributed by atoms with Crippen molar-refractivity contribution in [2.45, 2.75) is 25.5 Å². The minimum absolute atomic E-state index is 0.312. The first-order valence-electron chi connectivity index (χ1n) is 6.09. The van der Waals surface area contributed by atoms with E-state index in [9.17, 15) is 0 Å². The second-order valence-corrected chi connectivity index (χ2v) is 4.14. The van der Waals surface area contributed by atoms with Gasteiger partial charge in [-0.15, -0.1) is 0 Å². The van der Waals surface area contributed by atoms with Crippen LogP contribution in [0.15, 0.2) is 6.33 Å². The molecule has 0 aromatic carbocycles. The van der Waals surface area contributed by atoms with Crippen molar-refractivity contribution in [3.05, 3.63) is 11.9 Å². The number of aromatic nitrogens is 2. The summed E-state index contributed by atoms with van der Waals surface area (Å²) in [5.41, 5.74) is 0.834. The average molecular weight is 253 g/mol. The highest BCUT2D eigenvalue weighted by atomic mass is 16.5. The highest BCUT2D eigenvalue weighted by molar-refractivity contribution is 5.34. The van der Waals surface area contributed by atoms with Crippen LogP contribution in [0.25, 0.3) is 0 Å². The van der Waals surface area contributed by atoms with Gasteiger partial charge in [-0.1, -0.05) is 0 Å². The normalized spacial score (nSPS) is 18.9. The molecule has 0 saturated carbocycles. The molecule has 1 fully saturated rings. The zero-order valence-corrected chi connectivity index (χ0v) is 10.8. The second kappa shape index (κ2) is 6.51. The number of methoxy groups -OCH3 is 2. The highest BCUT2D eigenvalue weighted by Crippen LogP contribution is 2.23. The molecule has 100 valence electrons. The van der Waals surface area contributed by atoms with Gasteiger partial charge in [-0.3, -0.25) is 0 Å². The molecule has 18 heavy (non-hydrogen) atoms. The molecule has 0 aliphatic carbocycles. The predicted octanol–water partition coefficient (Wildman–Crippen LogP) is 0.762. The lowest BCUT2D eigenvalue weighted by Crippen LogP contribution is -2.26. The predicted molar refractivity (Wildman–Crippen MR) is 65.8 cm³/mol. The Morgan fingerprint density at radius 2 is 2.06 bits per heavy atom. The summed E-state index contributed by atoms with van der Waals surface area (Å²) in [7, 11) is 3.18. The van der Waals surface area contributed by atoms with Gasteiger partial charge in [0.05, 0.1) is 25.9 Å². The van der Waals surface area contributed by atoms with Gasteiger partial charge >= 0.3 is 0 Å². The SMILES string of the molecule is COc1ncnc(OC)c1CNCC1CCCO1. The van der Waals surface area contributed by atoms with Crippen LogP contribution in [0.1, 0.15) is 18.4 Å². The van der Waals surface area contributed by atoms with Crippen LogP contribution in [0.4, 0.5) is 0 Å². The fourth-order valence-corrected chi connectivity index (χ4v) is 2.05. The van der Waals surface area contributed by atoms with Crippen molar-refractivity contribution < 1.29 is 14.2 Å². The Balaban J connectivity index is 1.94. The third kappa shape index (κ3) is 3.08. The van der Waals surface area contributed by atoms with Crippen molar-refractivity contribution in [2.24, 2.45) is 0 Å². The molecule has 6 nitrogen and oxygen atoms in total. The summed E-state index contributed by atoms with van der Waals surface area (Å²) in [4.78, 5) is 8.14. The molecule has 1 aromatic heterocycles. The van der Waals surface area contributed by atoms with Crippen molar-refractivity contribution in [3.8, 4) is 11.8 Å². The van der Waals surface area contributed by atoms with E-state index in [0.717, 1.165) is 31.6 Å². The third-order valence-corrected chi connectivity index (χ3v) is 2.95. The zero-order valence-electron chi connectivity index (χ0n) is 10.8. The van der Waals surface area contributed by atoms with Crippen molar-refractivity contribution in [2.75, 3.05) is 27.4 Å². The number of hydrogen-bond acceptors (Lipinski definition) is 6. The summed E-state index contributed by atoms with van der Waals surface area (Å²) in [6.07, 6.45) is 4.01. The van der Waals surface area contributed by atoms with Gasteiger partial charge in [0, 0.05) is 19.7 Å². The van der Waals surface area contributed by atoms with E-state index in [1.165, 1.54) is 6.33 Å². The Hall–Kier alpha value is -1.40. The van der Waals surface area contributed by atoms with Crippen molar-refractivity contribution >= 4 is 0 Å². The molecule has 1 aliphatic heterocycles. The van der Waals surface area contributed by atoms with E-state index >= 15 is 0 Å². The number of nitrogens with zero attached hydrogens (tertiary/aromatic N) is 2. The van der Waals surface area contributed by atoms with Crippen molar-refractivity contribution in [1.29, 1.82) is 0 Å². The molecule has 2 heterocycles. The fraction of sp³-hybridized carbons (Fsp3) is 0.667. The molecular formula is C12H19N3O3. The number of nitrogens with one attached hydrogen (secondary N) is 1. The third-order valence-electron chi connectivity index (χ3n) is 2.95. The Kier molecular flexibility index (Phi) is 4.72. The summed E-state index contributed by atoms with van der Waals surface area (Å²) in [5, 5.41) is 3.33. The van der Waals surface area contributed by atoms with Crippen LogP contribution >= 0.6 is 0 Å². The molecule has 1 saturated heterocycles. The molecule has 1 atom stereocenters. The summed E-state index contributed by atoms with van der Waals surface area (Å²) < 4.78 is 16.0. The van der Waals surface area contributed by atoms with E-state index in [0.29, 0.717) is 24.4 Å². The van der Waals surface area contributed by atoms with Crippen LogP contribution in [-0.4, -0.2) is 43.4 Å². The van der Waals surface area contributed by atoms with Gasteiger partial charge < -0.3 is 19.5 Å². The molecule has 6 heteroatoms. The Labute approximate surface area is 107 Å². The Morgan fingerprint density at radius 1 is 1.33 bits per heavy atom. The molecule has 1 aliphatic rings. The lowest BCUT2D eigenvalue weighted by molar-refractivity contribution is 0.110. The first kappa shape index (κ1) is 13.0. The van der Waals surface area contributed by atoms with Gasteiger partial charge in [-0.25, -0.2) is 9.97 Å². The minimum Gasteiger partial charge on any atom is -0.481 e. The molecule has 2 rings (SSSR count).